The highest BCUT2D eigenvalue weighted by molar-refractivity contribution is 7.97. The summed E-state index contributed by atoms with van der Waals surface area (Å²) < 4.78 is 38.6. The van der Waals surface area contributed by atoms with E-state index in [4.69, 9.17) is 9.15 Å². The standard InChI is InChI=1S/C22H25F2NO4S/c1-3-28-21(27)22(12-15-5-6-16(23)11-18(15)24)9-4-10-25(14-22)20(26)19-8-7-17(29-19)13-30-2/h5-8,11H,3-4,9-10,12-14H2,1-2H3/t22-/m0/s1. The van der Waals surface area contributed by atoms with E-state index in [2.05, 4.69) is 0 Å². The number of rotatable bonds is 7. The van der Waals surface area contributed by atoms with Gasteiger partial charge in [-0.15, -0.1) is 0 Å². The number of carbonyl (C=O) groups is 2. The van der Waals surface area contributed by atoms with E-state index >= 15 is 0 Å². The summed E-state index contributed by atoms with van der Waals surface area (Å²) in [6.45, 7) is 2.42. The molecule has 1 aliphatic rings. The topological polar surface area (TPSA) is 59.8 Å². The van der Waals surface area contributed by atoms with E-state index in [0.29, 0.717) is 30.9 Å². The highest BCUT2D eigenvalue weighted by Crippen LogP contribution is 2.36. The molecule has 0 N–H and O–H groups in total. The van der Waals surface area contributed by atoms with Gasteiger partial charge in [-0.05, 0) is 56.2 Å². The molecule has 30 heavy (non-hydrogen) atoms. The van der Waals surface area contributed by atoms with Gasteiger partial charge in [0.05, 0.1) is 17.8 Å². The van der Waals surface area contributed by atoms with E-state index in [0.717, 1.165) is 6.07 Å². The van der Waals surface area contributed by atoms with E-state index < -0.39 is 23.0 Å². The molecule has 1 fully saturated rings. The van der Waals surface area contributed by atoms with Crippen molar-refractivity contribution in [2.75, 3.05) is 26.0 Å². The zero-order chi connectivity index (χ0) is 21.7. The van der Waals surface area contributed by atoms with Gasteiger partial charge in [-0.2, -0.15) is 11.8 Å². The molecule has 2 heterocycles. The van der Waals surface area contributed by atoms with E-state index in [1.165, 1.54) is 12.1 Å². The van der Waals surface area contributed by atoms with Crippen LogP contribution in [0.5, 0.6) is 0 Å². The Morgan fingerprint density at radius 1 is 1.27 bits per heavy atom. The number of thioether (sulfide) groups is 1. The molecule has 1 atom stereocenters. The fourth-order valence-corrected chi connectivity index (χ4v) is 4.31. The number of hydrogen-bond acceptors (Lipinski definition) is 5. The quantitative estimate of drug-likeness (QED) is 0.599. The Kier molecular flexibility index (Phi) is 7.18. The summed E-state index contributed by atoms with van der Waals surface area (Å²) in [5.74, 6) is -0.608. The molecule has 1 aromatic heterocycles. The molecule has 5 nitrogen and oxygen atoms in total. The van der Waals surface area contributed by atoms with Gasteiger partial charge >= 0.3 is 5.97 Å². The minimum atomic E-state index is -1.10. The van der Waals surface area contributed by atoms with Crippen LogP contribution in [-0.2, 0) is 21.7 Å². The van der Waals surface area contributed by atoms with Gasteiger partial charge in [0.2, 0.25) is 0 Å². The second kappa shape index (κ2) is 9.64. The maximum absolute atomic E-state index is 14.3. The normalized spacial score (nSPS) is 19.0. The van der Waals surface area contributed by atoms with E-state index in [-0.39, 0.29) is 36.8 Å². The van der Waals surface area contributed by atoms with Crippen LogP contribution in [-0.4, -0.2) is 42.7 Å². The van der Waals surface area contributed by atoms with Crippen molar-refractivity contribution in [3.63, 3.8) is 0 Å². The number of likely N-dealkylation sites (tertiary alicyclic amines) is 1. The van der Waals surface area contributed by atoms with Crippen molar-refractivity contribution in [3.8, 4) is 0 Å². The molecule has 0 aliphatic carbocycles. The molecule has 1 aliphatic heterocycles. The van der Waals surface area contributed by atoms with Crippen LogP contribution in [0, 0.1) is 17.0 Å². The molecular formula is C22H25F2NO4S. The third-order valence-corrected chi connectivity index (χ3v) is 5.85. The molecule has 0 radical (unpaired) electrons. The summed E-state index contributed by atoms with van der Waals surface area (Å²) in [5.41, 5.74) is -0.879. The smallest absolute Gasteiger partial charge is 0.314 e. The van der Waals surface area contributed by atoms with E-state index in [1.807, 2.05) is 6.26 Å². The maximum Gasteiger partial charge on any atom is 0.314 e. The van der Waals surface area contributed by atoms with Crippen LogP contribution < -0.4 is 0 Å². The van der Waals surface area contributed by atoms with Crippen molar-refractivity contribution in [3.05, 3.63) is 59.1 Å². The first-order chi connectivity index (χ1) is 14.4. The number of hydrogen-bond donors (Lipinski definition) is 0. The Hall–Kier alpha value is -2.35. The van der Waals surface area contributed by atoms with E-state index in [9.17, 15) is 18.4 Å². The molecule has 0 unspecified atom stereocenters. The van der Waals surface area contributed by atoms with Gasteiger partial charge in [-0.25, -0.2) is 8.78 Å². The molecule has 1 saturated heterocycles. The molecule has 8 heteroatoms. The average molecular weight is 438 g/mol. The zero-order valence-corrected chi connectivity index (χ0v) is 17.9. The third kappa shape index (κ3) is 4.86. The van der Waals surface area contributed by atoms with Crippen molar-refractivity contribution >= 4 is 23.6 Å². The maximum atomic E-state index is 14.3. The molecule has 0 saturated carbocycles. The number of amides is 1. The predicted molar refractivity (Wildman–Crippen MR) is 110 cm³/mol. The minimum absolute atomic E-state index is 0.0254. The number of ether oxygens (including phenoxy) is 1. The van der Waals surface area contributed by atoms with Gasteiger partial charge < -0.3 is 14.1 Å². The molecule has 1 amide bonds. The fourth-order valence-electron chi connectivity index (χ4n) is 3.87. The van der Waals surface area contributed by atoms with E-state index in [1.54, 1.807) is 35.7 Å². The fraction of sp³-hybridized carbons (Fsp3) is 0.455. The first-order valence-corrected chi connectivity index (χ1v) is 11.3. The lowest BCUT2D eigenvalue weighted by Crippen LogP contribution is -2.51. The monoisotopic (exact) mass is 437 g/mol. The Balaban J connectivity index is 1.86. The molecule has 0 spiro atoms. The van der Waals surface area contributed by atoms with Gasteiger partial charge in [-0.1, -0.05) is 6.07 Å². The lowest BCUT2D eigenvalue weighted by Gasteiger charge is -2.40. The number of furan rings is 1. The van der Waals surface area contributed by atoms with Crippen molar-refractivity contribution in [2.45, 2.75) is 31.9 Å². The number of carbonyl (C=O) groups excluding carboxylic acids is 2. The van der Waals surface area contributed by atoms with Crippen LogP contribution in [0.15, 0.2) is 34.7 Å². The second-order valence-electron chi connectivity index (χ2n) is 7.44. The Morgan fingerprint density at radius 3 is 2.77 bits per heavy atom. The molecular weight excluding hydrogens is 412 g/mol. The van der Waals surface area contributed by atoms with Crippen molar-refractivity contribution in [1.29, 1.82) is 0 Å². The summed E-state index contributed by atoms with van der Waals surface area (Å²) in [6.07, 6.45) is 2.97. The van der Waals surface area contributed by atoms with Crippen LogP contribution >= 0.6 is 11.8 Å². The average Bonchev–Trinajstić information content (AvgIpc) is 3.19. The summed E-state index contributed by atoms with van der Waals surface area (Å²) in [6, 6.07) is 6.71. The lowest BCUT2D eigenvalue weighted by atomic mass is 9.75. The second-order valence-corrected chi connectivity index (χ2v) is 8.31. The Morgan fingerprint density at radius 2 is 2.07 bits per heavy atom. The summed E-state index contributed by atoms with van der Waals surface area (Å²) >= 11 is 1.59. The molecule has 162 valence electrons. The van der Waals surface area contributed by atoms with Gasteiger partial charge in [0.15, 0.2) is 5.76 Å². The minimum Gasteiger partial charge on any atom is -0.466 e. The van der Waals surface area contributed by atoms with Gasteiger partial charge in [0, 0.05) is 19.2 Å². The molecule has 1 aromatic carbocycles. The number of halogens is 2. The molecule has 3 rings (SSSR count). The zero-order valence-electron chi connectivity index (χ0n) is 17.1. The highest BCUT2D eigenvalue weighted by Gasteiger charge is 2.45. The van der Waals surface area contributed by atoms with Crippen LogP contribution in [0.3, 0.4) is 0 Å². The van der Waals surface area contributed by atoms with Crippen molar-refractivity contribution < 1.29 is 27.5 Å². The van der Waals surface area contributed by atoms with Crippen LogP contribution in [0.4, 0.5) is 8.78 Å². The highest BCUT2D eigenvalue weighted by atomic mass is 32.2. The molecule has 2 aromatic rings. The Bertz CT molecular complexity index is 916. The first kappa shape index (κ1) is 22.3. The lowest BCUT2D eigenvalue weighted by molar-refractivity contribution is -0.158. The summed E-state index contributed by atoms with van der Waals surface area (Å²) in [7, 11) is 0. The van der Waals surface area contributed by atoms with Gasteiger partial charge in [0.1, 0.15) is 17.4 Å². The van der Waals surface area contributed by atoms with Crippen LogP contribution in [0.25, 0.3) is 0 Å². The third-order valence-electron chi connectivity index (χ3n) is 5.28. The SMILES string of the molecule is CCOC(=O)[C@]1(Cc2ccc(F)cc2F)CCCN(C(=O)c2ccc(CSC)o2)C1. The van der Waals surface area contributed by atoms with Crippen LogP contribution in [0.2, 0.25) is 0 Å². The number of piperidine rings is 1. The number of nitrogens with zero attached hydrogens (tertiary/aromatic N) is 1. The summed E-state index contributed by atoms with van der Waals surface area (Å²) in [4.78, 5) is 27.5. The van der Waals surface area contributed by atoms with Crippen molar-refractivity contribution in [1.82, 2.24) is 4.90 Å². The number of esters is 1. The van der Waals surface area contributed by atoms with Crippen LogP contribution in [0.1, 0.15) is 41.6 Å². The summed E-state index contributed by atoms with van der Waals surface area (Å²) in [5, 5.41) is 0. The number of benzene rings is 1. The predicted octanol–water partition coefficient (Wildman–Crippen LogP) is 4.45. The largest absolute Gasteiger partial charge is 0.466 e. The van der Waals surface area contributed by atoms with Crippen molar-refractivity contribution in [2.24, 2.45) is 5.41 Å². The first-order valence-electron chi connectivity index (χ1n) is 9.86. The molecule has 0 bridgehead atoms. The Labute approximate surface area is 178 Å². The van der Waals surface area contributed by atoms with Gasteiger partial charge in [-0.3, -0.25) is 9.59 Å². The van der Waals surface area contributed by atoms with Gasteiger partial charge in [0.25, 0.3) is 5.91 Å².